The Morgan fingerprint density at radius 3 is 2.39 bits per heavy atom. The minimum atomic E-state index is -0.0110. The van der Waals surface area contributed by atoms with Crippen LogP contribution in [0.2, 0.25) is 5.15 Å². The van der Waals surface area contributed by atoms with Crippen molar-refractivity contribution in [3.8, 4) is 0 Å². The standard InChI is InChI=1S/C15H20ClNO/c1-9(2)7-17-14-6-11(4)10(3)5-12(14)13(8-18)15(17)16/h5-6,9,18H,7-8H2,1-4H3. The van der Waals surface area contributed by atoms with E-state index in [0.717, 1.165) is 23.0 Å². The van der Waals surface area contributed by atoms with Crippen LogP contribution in [-0.4, -0.2) is 9.67 Å². The highest BCUT2D eigenvalue weighted by atomic mass is 35.5. The fraction of sp³-hybridized carbons (Fsp3) is 0.467. The number of nitrogens with zero attached hydrogens (tertiary/aromatic N) is 1. The van der Waals surface area contributed by atoms with Crippen LogP contribution in [-0.2, 0) is 13.2 Å². The van der Waals surface area contributed by atoms with Crippen LogP contribution in [0.25, 0.3) is 10.9 Å². The number of benzene rings is 1. The summed E-state index contributed by atoms with van der Waals surface area (Å²) in [6.07, 6.45) is 0. The third-order valence-corrected chi connectivity index (χ3v) is 3.85. The molecule has 0 aliphatic rings. The van der Waals surface area contributed by atoms with Gasteiger partial charge in [-0.1, -0.05) is 25.4 Å². The third kappa shape index (κ3) is 2.15. The molecular weight excluding hydrogens is 246 g/mol. The zero-order valence-corrected chi connectivity index (χ0v) is 12.2. The number of aliphatic hydroxyl groups excluding tert-OH is 1. The average Bonchev–Trinajstić information content (AvgIpc) is 2.53. The summed E-state index contributed by atoms with van der Waals surface area (Å²) in [5, 5.41) is 11.3. The summed E-state index contributed by atoms with van der Waals surface area (Å²) in [5.74, 6) is 0.520. The molecule has 0 saturated heterocycles. The zero-order valence-electron chi connectivity index (χ0n) is 11.4. The maximum absolute atomic E-state index is 9.53. The van der Waals surface area contributed by atoms with Gasteiger partial charge in [0.1, 0.15) is 5.15 Å². The van der Waals surface area contributed by atoms with E-state index in [1.807, 2.05) is 0 Å². The van der Waals surface area contributed by atoms with Gasteiger partial charge in [-0.2, -0.15) is 0 Å². The summed E-state index contributed by atoms with van der Waals surface area (Å²) in [6.45, 7) is 9.39. The summed E-state index contributed by atoms with van der Waals surface area (Å²) in [6, 6.07) is 4.29. The normalized spacial score (nSPS) is 11.7. The molecular formula is C15H20ClNO. The first kappa shape index (κ1) is 13.4. The van der Waals surface area contributed by atoms with Gasteiger partial charge >= 0.3 is 0 Å². The number of halogens is 1. The Labute approximate surface area is 113 Å². The van der Waals surface area contributed by atoms with Crippen LogP contribution < -0.4 is 0 Å². The number of aromatic nitrogens is 1. The molecule has 18 heavy (non-hydrogen) atoms. The lowest BCUT2D eigenvalue weighted by molar-refractivity contribution is 0.283. The van der Waals surface area contributed by atoms with E-state index in [2.05, 4.69) is 44.4 Å². The van der Waals surface area contributed by atoms with Crippen molar-refractivity contribution in [2.75, 3.05) is 0 Å². The van der Waals surface area contributed by atoms with Gasteiger partial charge in [-0.05, 0) is 43.0 Å². The molecule has 2 aromatic rings. The highest BCUT2D eigenvalue weighted by Gasteiger charge is 2.16. The van der Waals surface area contributed by atoms with Crippen LogP contribution in [0.5, 0.6) is 0 Å². The largest absolute Gasteiger partial charge is 0.392 e. The first-order valence-electron chi connectivity index (χ1n) is 6.34. The van der Waals surface area contributed by atoms with Gasteiger partial charge in [0.25, 0.3) is 0 Å². The third-order valence-electron chi connectivity index (χ3n) is 3.42. The molecule has 0 unspecified atom stereocenters. The summed E-state index contributed by atoms with van der Waals surface area (Å²) in [5.41, 5.74) is 4.46. The molecule has 1 N–H and O–H groups in total. The fourth-order valence-electron chi connectivity index (χ4n) is 2.34. The van der Waals surface area contributed by atoms with Crippen molar-refractivity contribution in [3.05, 3.63) is 34.0 Å². The molecule has 0 spiro atoms. The fourth-order valence-corrected chi connectivity index (χ4v) is 2.66. The van der Waals surface area contributed by atoms with E-state index < -0.39 is 0 Å². The molecule has 1 heterocycles. The maximum atomic E-state index is 9.53. The smallest absolute Gasteiger partial charge is 0.115 e. The Morgan fingerprint density at radius 1 is 1.22 bits per heavy atom. The number of rotatable bonds is 3. The number of fused-ring (bicyclic) bond motifs is 1. The van der Waals surface area contributed by atoms with Crippen LogP contribution in [0.4, 0.5) is 0 Å². The second kappa shape index (κ2) is 4.94. The molecule has 1 aromatic carbocycles. The molecule has 0 aliphatic carbocycles. The van der Waals surface area contributed by atoms with Crippen LogP contribution in [0.3, 0.4) is 0 Å². The first-order chi connectivity index (χ1) is 8.45. The number of hydrogen-bond donors (Lipinski definition) is 1. The van der Waals surface area contributed by atoms with Crippen molar-refractivity contribution in [2.24, 2.45) is 5.92 Å². The van der Waals surface area contributed by atoms with Crippen molar-refractivity contribution in [1.29, 1.82) is 0 Å². The monoisotopic (exact) mass is 265 g/mol. The highest BCUT2D eigenvalue weighted by molar-refractivity contribution is 6.32. The van der Waals surface area contributed by atoms with Gasteiger partial charge in [-0.25, -0.2) is 0 Å². The molecule has 0 saturated carbocycles. The molecule has 98 valence electrons. The van der Waals surface area contributed by atoms with Crippen LogP contribution in [0.15, 0.2) is 12.1 Å². The second-order valence-electron chi connectivity index (χ2n) is 5.39. The van der Waals surface area contributed by atoms with Gasteiger partial charge in [-0.15, -0.1) is 0 Å². The Bertz CT molecular complexity index is 584. The van der Waals surface area contributed by atoms with Crippen LogP contribution >= 0.6 is 11.6 Å². The van der Waals surface area contributed by atoms with E-state index in [0.29, 0.717) is 11.1 Å². The number of aryl methyl sites for hydroxylation is 2. The molecule has 0 fully saturated rings. The predicted octanol–water partition coefficient (Wildman–Crippen LogP) is 4.06. The molecule has 0 atom stereocenters. The highest BCUT2D eigenvalue weighted by Crippen LogP contribution is 2.32. The molecule has 3 heteroatoms. The molecule has 2 rings (SSSR count). The Balaban J connectivity index is 2.76. The lowest BCUT2D eigenvalue weighted by atomic mass is 10.1. The van der Waals surface area contributed by atoms with E-state index in [-0.39, 0.29) is 6.61 Å². The van der Waals surface area contributed by atoms with Crippen molar-refractivity contribution >= 4 is 22.5 Å². The lowest BCUT2D eigenvalue weighted by Crippen LogP contribution is -2.04. The molecule has 0 amide bonds. The molecule has 2 nitrogen and oxygen atoms in total. The minimum Gasteiger partial charge on any atom is -0.392 e. The lowest BCUT2D eigenvalue weighted by Gasteiger charge is -2.10. The van der Waals surface area contributed by atoms with E-state index >= 15 is 0 Å². The molecule has 0 radical (unpaired) electrons. The summed E-state index contributed by atoms with van der Waals surface area (Å²) < 4.78 is 2.11. The quantitative estimate of drug-likeness (QED) is 0.890. The van der Waals surface area contributed by atoms with E-state index in [1.165, 1.54) is 11.1 Å². The number of hydrogen-bond acceptors (Lipinski definition) is 1. The van der Waals surface area contributed by atoms with E-state index in [9.17, 15) is 5.11 Å². The van der Waals surface area contributed by atoms with E-state index in [1.54, 1.807) is 0 Å². The Morgan fingerprint density at radius 2 is 1.83 bits per heavy atom. The van der Waals surface area contributed by atoms with Gasteiger partial charge < -0.3 is 9.67 Å². The maximum Gasteiger partial charge on any atom is 0.115 e. The van der Waals surface area contributed by atoms with Crippen LogP contribution in [0, 0.1) is 19.8 Å². The summed E-state index contributed by atoms with van der Waals surface area (Å²) >= 11 is 6.40. The summed E-state index contributed by atoms with van der Waals surface area (Å²) in [7, 11) is 0. The average molecular weight is 266 g/mol. The molecule has 1 aromatic heterocycles. The van der Waals surface area contributed by atoms with Gasteiger partial charge in [0.15, 0.2) is 0 Å². The van der Waals surface area contributed by atoms with Gasteiger partial charge in [0.2, 0.25) is 0 Å². The Kier molecular flexibility index (Phi) is 3.69. The van der Waals surface area contributed by atoms with E-state index in [4.69, 9.17) is 11.6 Å². The van der Waals surface area contributed by atoms with Gasteiger partial charge in [-0.3, -0.25) is 0 Å². The van der Waals surface area contributed by atoms with Gasteiger partial charge in [0, 0.05) is 23.0 Å². The van der Waals surface area contributed by atoms with Crippen molar-refractivity contribution in [3.63, 3.8) is 0 Å². The summed E-state index contributed by atoms with van der Waals surface area (Å²) in [4.78, 5) is 0. The molecule has 0 aliphatic heterocycles. The zero-order chi connectivity index (χ0) is 13.4. The predicted molar refractivity (Wildman–Crippen MR) is 77.2 cm³/mol. The SMILES string of the molecule is Cc1cc2c(CO)c(Cl)n(CC(C)C)c2cc1C. The van der Waals surface area contributed by atoms with Crippen LogP contribution in [0.1, 0.15) is 30.5 Å². The minimum absolute atomic E-state index is 0.0110. The Hall–Kier alpha value is -0.990. The molecule has 0 bridgehead atoms. The number of aliphatic hydroxyl groups is 1. The first-order valence-corrected chi connectivity index (χ1v) is 6.72. The second-order valence-corrected chi connectivity index (χ2v) is 5.74. The van der Waals surface area contributed by atoms with Gasteiger partial charge in [0.05, 0.1) is 6.61 Å². The topological polar surface area (TPSA) is 25.2 Å². The van der Waals surface area contributed by atoms with Crippen molar-refractivity contribution in [1.82, 2.24) is 4.57 Å². The van der Waals surface area contributed by atoms with Crippen molar-refractivity contribution in [2.45, 2.75) is 40.8 Å². The van der Waals surface area contributed by atoms with Crippen molar-refractivity contribution < 1.29 is 5.11 Å².